The Morgan fingerprint density at radius 1 is 1.17 bits per heavy atom. The van der Waals surface area contributed by atoms with Gasteiger partial charge in [0, 0.05) is 45.5 Å². The zero-order valence-electron chi connectivity index (χ0n) is 17.9. The number of para-hydroxylation sites is 1. The Bertz CT molecular complexity index is 747. The fraction of sp³-hybridized carbons (Fsp3) is 0.591. The number of benzene rings is 1. The van der Waals surface area contributed by atoms with Crippen LogP contribution in [0.5, 0.6) is 0 Å². The van der Waals surface area contributed by atoms with E-state index in [4.69, 9.17) is 4.74 Å². The second-order valence-corrected chi connectivity index (χ2v) is 7.85. The van der Waals surface area contributed by atoms with Crippen LogP contribution in [-0.4, -0.2) is 79.1 Å². The molecule has 0 unspecified atom stereocenters. The first-order valence-corrected chi connectivity index (χ1v) is 10.7. The van der Waals surface area contributed by atoms with Crippen LogP contribution in [0.4, 0.5) is 5.69 Å². The number of ether oxygens (including phenoxy) is 1. The summed E-state index contributed by atoms with van der Waals surface area (Å²) >= 11 is 0. The standard InChI is InChI=1S/C22H32N4O4/c1-3-30-15-7-12-23-20(28)16-25-17-26(19-8-5-4-6-9-19)22(21(25)29)10-13-24(14-11-22)18(2)27/h4-6,8-9H,3,7,10-17H2,1-2H3,(H,23,28). The number of nitrogens with zero attached hydrogens (tertiary/aromatic N) is 3. The Hall–Kier alpha value is -2.61. The predicted octanol–water partition coefficient (Wildman–Crippen LogP) is 1.22. The third kappa shape index (κ3) is 4.75. The molecule has 8 heteroatoms. The number of nitrogens with one attached hydrogen (secondary N) is 1. The molecule has 3 amide bonds. The smallest absolute Gasteiger partial charge is 0.250 e. The fourth-order valence-corrected chi connectivity index (χ4v) is 4.29. The molecule has 2 aliphatic heterocycles. The molecule has 3 rings (SSSR count). The van der Waals surface area contributed by atoms with Gasteiger partial charge in [0.15, 0.2) is 0 Å². The van der Waals surface area contributed by atoms with Crippen LogP contribution < -0.4 is 10.2 Å². The lowest BCUT2D eigenvalue weighted by Gasteiger charge is -2.43. The van der Waals surface area contributed by atoms with Gasteiger partial charge >= 0.3 is 0 Å². The third-order valence-corrected chi connectivity index (χ3v) is 5.94. The molecule has 1 aromatic carbocycles. The average molecular weight is 417 g/mol. The lowest BCUT2D eigenvalue weighted by molar-refractivity contribution is -0.139. The molecule has 1 spiro atoms. The van der Waals surface area contributed by atoms with E-state index >= 15 is 0 Å². The largest absolute Gasteiger partial charge is 0.382 e. The molecule has 0 atom stereocenters. The molecule has 2 aliphatic rings. The van der Waals surface area contributed by atoms with Gasteiger partial charge in [-0.15, -0.1) is 0 Å². The van der Waals surface area contributed by atoms with Crippen molar-refractivity contribution < 1.29 is 19.1 Å². The number of amides is 3. The minimum atomic E-state index is -0.706. The molecule has 0 aliphatic carbocycles. The van der Waals surface area contributed by atoms with Crippen LogP contribution in [0.15, 0.2) is 30.3 Å². The summed E-state index contributed by atoms with van der Waals surface area (Å²) in [6.07, 6.45) is 1.87. The van der Waals surface area contributed by atoms with Crippen LogP contribution in [-0.2, 0) is 19.1 Å². The molecule has 30 heavy (non-hydrogen) atoms. The molecule has 1 N–H and O–H groups in total. The van der Waals surface area contributed by atoms with Gasteiger partial charge in [-0.3, -0.25) is 14.4 Å². The SMILES string of the molecule is CCOCCCNC(=O)CN1CN(c2ccccc2)C2(CCN(C(C)=O)CC2)C1=O. The van der Waals surface area contributed by atoms with E-state index in [0.717, 1.165) is 12.1 Å². The Balaban J connectivity index is 1.69. The van der Waals surface area contributed by atoms with E-state index in [-0.39, 0.29) is 24.3 Å². The van der Waals surface area contributed by atoms with E-state index in [2.05, 4.69) is 10.2 Å². The van der Waals surface area contributed by atoms with Crippen molar-refractivity contribution in [2.75, 3.05) is 51.0 Å². The number of carbonyl (C=O) groups is 3. The summed E-state index contributed by atoms with van der Waals surface area (Å²) in [6, 6.07) is 9.82. The van der Waals surface area contributed by atoms with Crippen molar-refractivity contribution in [2.45, 2.75) is 38.6 Å². The maximum atomic E-state index is 13.5. The molecular weight excluding hydrogens is 384 g/mol. The van der Waals surface area contributed by atoms with Gasteiger partial charge in [0.1, 0.15) is 12.1 Å². The van der Waals surface area contributed by atoms with Crippen molar-refractivity contribution in [1.29, 1.82) is 0 Å². The van der Waals surface area contributed by atoms with Gasteiger partial charge in [0.2, 0.25) is 11.8 Å². The predicted molar refractivity (Wildman–Crippen MR) is 114 cm³/mol. The van der Waals surface area contributed by atoms with Crippen LogP contribution in [0.2, 0.25) is 0 Å². The zero-order valence-corrected chi connectivity index (χ0v) is 17.9. The van der Waals surface area contributed by atoms with Crippen molar-refractivity contribution in [3.63, 3.8) is 0 Å². The second kappa shape index (κ2) is 9.93. The van der Waals surface area contributed by atoms with E-state index in [1.807, 2.05) is 37.3 Å². The molecule has 0 aromatic heterocycles. The quantitative estimate of drug-likeness (QED) is 0.645. The number of hydrogen-bond donors (Lipinski definition) is 1. The van der Waals surface area contributed by atoms with Gasteiger partial charge < -0.3 is 24.8 Å². The Labute approximate surface area is 178 Å². The summed E-state index contributed by atoms with van der Waals surface area (Å²) in [5, 5.41) is 2.87. The summed E-state index contributed by atoms with van der Waals surface area (Å²) in [4.78, 5) is 43.2. The van der Waals surface area contributed by atoms with E-state index in [0.29, 0.717) is 52.4 Å². The first-order chi connectivity index (χ1) is 14.5. The minimum Gasteiger partial charge on any atom is -0.382 e. The van der Waals surface area contributed by atoms with Crippen LogP contribution in [0.25, 0.3) is 0 Å². The highest BCUT2D eigenvalue weighted by Crippen LogP contribution is 2.39. The molecule has 8 nitrogen and oxygen atoms in total. The van der Waals surface area contributed by atoms with Gasteiger partial charge in [-0.1, -0.05) is 18.2 Å². The number of hydrogen-bond acceptors (Lipinski definition) is 5. The van der Waals surface area contributed by atoms with Crippen molar-refractivity contribution in [3.05, 3.63) is 30.3 Å². The number of piperidine rings is 1. The fourth-order valence-electron chi connectivity index (χ4n) is 4.29. The van der Waals surface area contributed by atoms with E-state index in [1.54, 1.807) is 16.7 Å². The molecule has 2 heterocycles. The lowest BCUT2D eigenvalue weighted by Crippen LogP contribution is -2.57. The van der Waals surface area contributed by atoms with Crippen LogP contribution in [0, 0.1) is 0 Å². The van der Waals surface area contributed by atoms with Crippen molar-refractivity contribution in [3.8, 4) is 0 Å². The Morgan fingerprint density at radius 3 is 2.50 bits per heavy atom. The first-order valence-electron chi connectivity index (χ1n) is 10.7. The zero-order chi connectivity index (χ0) is 21.6. The number of carbonyl (C=O) groups excluding carboxylic acids is 3. The molecule has 1 aromatic rings. The molecule has 164 valence electrons. The van der Waals surface area contributed by atoms with E-state index < -0.39 is 5.54 Å². The average Bonchev–Trinajstić information content (AvgIpc) is 3.00. The highest BCUT2D eigenvalue weighted by atomic mass is 16.5. The summed E-state index contributed by atoms with van der Waals surface area (Å²) in [5.41, 5.74) is 0.254. The molecule has 2 saturated heterocycles. The summed E-state index contributed by atoms with van der Waals surface area (Å²) in [5.74, 6) is -0.157. The summed E-state index contributed by atoms with van der Waals surface area (Å²) < 4.78 is 5.28. The van der Waals surface area contributed by atoms with Gasteiger partial charge in [0.25, 0.3) is 5.91 Å². The van der Waals surface area contributed by atoms with Crippen molar-refractivity contribution >= 4 is 23.4 Å². The van der Waals surface area contributed by atoms with Gasteiger partial charge in [-0.25, -0.2) is 0 Å². The highest BCUT2D eigenvalue weighted by Gasteiger charge is 2.54. The van der Waals surface area contributed by atoms with Crippen molar-refractivity contribution in [1.82, 2.24) is 15.1 Å². The van der Waals surface area contributed by atoms with Crippen LogP contribution >= 0.6 is 0 Å². The summed E-state index contributed by atoms with van der Waals surface area (Å²) in [6.45, 7) is 6.79. The Kier molecular flexibility index (Phi) is 7.31. The van der Waals surface area contributed by atoms with E-state index in [9.17, 15) is 14.4 Å². The lowest BCUT2D eigenvalue weighted by atomic mass is 9.85. The highest BCUT2D eigenvalue weighted by molar-refractivity contribution is 5.96. The summed E-state index contributed by atoms with van der Waals surface area (Å²) in [7, 11) is 0. The van der Waals surface area contributed by atoms with Gasteiger partial charge in [0.05, 0.1) is 6.67 Å². The number of likely N-dealkylation sites (tertiary alicyclic amines) is 1. The molecule has 0 radical (unpaired) electrons. The van der Waals surface area contributed by atoms with E-state index in [1.165, 1.54) is 0 Å². The van der Waals surface area contributed by atoms with Gasteiger partial charge in [-0.05, 0) is 38.3 Å². The van der Waals surface area contributed by atoms with Crippen molar-refractivity contribution in [2.24, 2.45) is 0 Å². The molecular formula is C22H32N4O4. The molecule has 0 bridgehead atoms. The maximum absolute atomic E-state index is 13.5. The van der Waals surface area contributed by atoms with Crippen LogP contribution in [0.1, 0.15) is 33.1 Å². The monoisotopic (exact) mass is 416 g/mol. The van der Waals surface area contributed by atoms with Gasteiger partial charge in [-0.2, -0.15) is 0 Å². The third-order valence-electron chi connectivity index (χ3n) is 5.94. The second-order valence-electron chi connectivity index (χ2n) is 7.85. The normalized spacial score (nSPS) is 18.2. The number of rotatable bonds is 8. The molecule has 2 fully saturated rings. The first kappa shape index (κ1) is 22.1. The number of anilines is 1. The van der Waals surface area contributed by atoms with Crippen LogP contribution in [0.3, 0.4) is 0 Å². The minimum absolute atomic E-state index is 0.0287. The maximum Gasteiger partial charge on any atom is 0.250 e. The molecule has 0 saturated carbocycles. The topological polar surface area (TPSA) is 82.2 Å². The Morgan fingerprint density at radius 2 is 1.87 bits per heavy atom.